The maximum absolute atomic E-state index is 15.2. The normalized spacial score (nSPS) is 14.5. The number of likely N-dealkylation sites (N-methyl/N-ethyl adjacent to an activating group) is 1. The van der Waals surface area contributed by atoms with Crippen LogP contribution in [0.1, 0.15) is 37.9 Å². The molecule has 11 heteroatoms. The van der Waals surface area contributed by atoms with Crippen LogP contribution in [-0.2, 0) is 6.54 Å². The molecular formula is C29H30F2N8O. The van der Waals surface area contributed by atoms with Gasteiger partial charge in [-0.05, 0) is 50.2 Å². The number of benzene rings is 1. The van der Waals surface area contributed by atoms with E-state index in [1.807, 2.05) is 18.2 Å². The standard InChI is InChI=1S/C29H30F2N8O/c1-4-37-7-9-38(10-8-37)17-19-5-6-26(33-15-19)35-29-34-16-24(31)27(36-29)20-12-23(30)22-11-21(14-32)28(40)39(18(2)3)25(22)13-20/h5-6,11-13,15-16,18H,4,7-10,17H2,1-3H3,(H,33,34,35,36). The number of rotatable bonds is 7. The number of nitrogens with one attached hydrogen (secondary N) is 1. The Morgan fingerprint density at radius 2 is 1.77 bits per heavy atom. The number of piperazine rings is 1. The van der Waals surface area contributed by atoms with Gasteiger partial charge in [0, 0.05) is 55.9 Å². The van der Waals surface area contributed by atoms with Gasteiger partial charge in [0.05, 0.1) is 11.7 Å². The lowest BCUT2D eigenvalue weighted by molar-refractivity contribution is 0.132. The van der Waals surface area contributed by atoms with Crippen LogP contribution >= 0.6 is 0 Å². The highest BCUT2D eigenvalue weighted by atomic mass is 19.1. The zero-order chi connectivity index (χ0) is 28.4. The number of nitriles is 1. The Morgan fingerprint density at radius 3 is 2.42 bits per heavy atom. The number of fused-ring (bicyclic) bond motifs is 1. The van der Waals surface area contributed by atoms with E-state index in [4.69, 9.17) is 0 Å². The van der Waals surface area contributed by atoms with E-state index in [2.05, 4.69) is 37.0 Å². The van der Waals surface area contributed by atoms with Crippen LogP contribution in [0.2, 0.25) is 0 Å². The third-order valence-electron chi connectivity index (χ3n) is 7.14. The van der Waals surface area contributed by atoms with Gasteiger partial charge in [-0.2, -0.15) is 5.26 Å². The summed E-state index contributed by atoms with van der Waals surface area (Å²) >= 11 is 0. The monoisotopic (exact) mass is 544 g/mol. The molecule has 0 aliphatic carbocycles. The number of hydrogen-bond acceptors (Lipinski definition) is 8. The summed E-state index contributed by atoms with van der Waals surface area (Å²) < 4.78 is 31.4. The second kappa shape index (κ2) is 11.5. The van der Waals surface area contributed by atoms with Crippen LogP contribution in [0.5, 0.6) is 0 Å². The Balaban J connectivity index is 1.40. The summed E-state index contributed by atoms with van der Waals surface area (Å²) in [4.78, 5) is 30.4. The Hall–Kier alpha value is -4.27. The van der Waals surface area contributed by atoms with Crippen molar-refractivity contribution in [2.24, 2.45) is 0 Å². The molecule has 0 saturated carbocycles. The Labute approximate surface area is 230 Å². The van der Waals surface area contributed by atoms with E-state index in [9.17, 15) is 14.4 Å². The van der Waals surface area contributed by atoms with Crippen molar-refractivity contribution >= 4 is 22.7 Å². The molecule has 0 radical (unpaired) electrons. The molecule has 9 nitrogen and oxygen atoms in total. The first-order valence-corrected chi connectivity index (χ1v) is 13.3. The molecule has 1 aliphatic rings. The van der Waals surface area contributed by atoms with Gasteiger partial charge in [-0.15, -0.1) is 0 Å². The van der Waals surface area contributed by atoms with Crippen molar-refractivity contribution in [1.29, 1.82) is 5.26 Å². The van der Waals surface area contributed by atoms with Crippen molar-refractivity contribution in [1.82, 2.24) is 29.3 Å². The third kappa shape index (κ3) is 5.54. The van der Waals surface area contributed by atoms with Gasteiger partial charge < -0.3 is 14.8 Å². The molecule has 1 fully saturated rings. The van der Waals surface area contributed by atoms with Gasteiger partial charge in [0.1, 0.15) is 29.0 Å². The molecule has 1 N–H and O–H groups in total. The molecule has 1 saturated heterocycles. The number of halogens is 2. The van der Waals surface area contributed by atoms with Crippen LogP contribution < -0.4 is 10.9 Å². The summed E-state index contributed by atoms with van der Waals surface area (Å²) in [5, 5.41) is 12.4. The lowest BCUT2D eigenvalue weighted by atomic mass is 10.0. The summed E-state index contributed by atoms with van der Waals surface area (Å²) in [6.07, 6.45) is 2.80. The first-order chi connectivity index (χ1) is 19.3. The van der Waals surface area contributed by atoms with Crippen LogP contribution in [0.3, 0.4) is 0 Å². The molecule has 0 unspecified atom stereocenters. The van der Waals surface area contributed by atoms with Crippen LogP contribution in [0, 0.1) is 23.0 Å². The van der Waals surface area contributed by atoms with E-state index in [0.29, 0.717) is 5.82 Å². The van der Waals surface area contributed by atoms with Crippen LogP contribution in [-0.4, -0.2) is 62.0 Å². The molecule has 3 aromatic heterocycles. The lowest BCUT2D eigenvalue weighted by Crippen LogP contribution is -2.45. The van der Waals surface area contributed by atoms with Crippen LogP contribution in [0.15, 0.2) is 47.5 Å². The van der Waals surface area contributed by atoms with E-state index in [-0.39, 0.29) is 39.7 Å². The first-order valence-electron chi connectivity index (χ1n) is 13.3. The maximum Gasteiger partial charge on any atom is 0.269 e. The zero-order valence-electron chi connectivity index (χ0n) is 22.7. The molecular weight excluding hydrogens is 514 g/mol. The van der Waals surface area contributed by atoms with Gasteiger partial charge in [0.15, 0.2) is 5.82 Å². The Kier molecular flexibility index (Phi) is 7.82. The molecule has 1 aromatic carbocycles. The fourth-order valence-electron chi connectivity index (χ4n) is 4.98. The largest absolute Gasteiger partial charge is 0.309 e. The van der Waals surface area contributed by atoms with Crippen molar-refractivity contribution in [3.05, 3.63) is 75.8 Å². The highest BCUT2D eigenvalue weighted by Crippen LogP contribution is 2.29. The van der Waals surface area contributed by atoms with E-state index in [1.54, 1.807) is 20.0 Å². The predicted octanol–water partition coefficient (Wildman–Crippen LogP) is 4.47. The molecule has 0 bridgehead atoms. The van der Waals surface area contributed by atoms with Gasteiger partial charge >= 0.3 is 0 Å². The average Bonchev–Trinajstić information content (AvgIpc) is 2.95. The average molecular weight is 545 g/mol. The second-order valence-electron chi connectivity index (χ2n) is 10.1. The smallest absolute Gasteiger partial charge is 0.269 e. The number of anilines is 2. The molecule has 0 spiro atoms. The van der Waals surface area contributed by atoms with Gasteiger partial charge in [0.2, 0.25) is 5.95 Å². The van der Waals surface area contributed by atoms with E-state index in [1.165, 1.54) is 16.7 Å². The Morgan fingerprint density at radius 1 is 1.02 bits per heavy atom. The van der Waals surface area contributed by atoms with Gasteiger partial charge in [-0.3, -0.25) is 9.69 Å². The number of nitrogens with zero attached hydrogens (tertiary/aromatic N) is 7. The van der Waals surface area contributed by atoms with Crippen molar-refractivity contribution in [3.8, 4) is 17.3 Å². The minimum atomic E-state index is -0.747. The number of aromatic nitrogens is 4. The second-order valence-corrected chi connectivity index (χ2v) is 10.1. The highest BCUT2D eigenvalue weighted by Gasteiger charge is 2.19. The molecule has 5 rings (SSSR count). The molecule has 40 heavy (non-hydrogen) atoms. The quantitative estimate of drug-likeness (QED) is 0.364. The molecule has 1 aliphatic heterocycles. The van der Waals surface area contributed by atoms with E-state index in [0.717, 1.165) is 57.1 Å². The molecule has 206 valence electrons. The summed E-state index contributed by atoms with van der Waals surface area (Å²) in [5.74, 6) is -0.865. The minimum absolute atomic E-state index is 0.0916. The molecule has 4 aromatic rings. The van der Waals surface area contributed by atoms with Gasteiger partial charge in [-0.25, -0.2) is 23.7 Å². The van der Waals surface area contributed by atoms with Crippen molar-refractivity contribution in [2.45, 2.75) is 33.4 Å². The summed E-state index contributed by atoms with van der Waals surface area (Å²) in [5.41, 5.74) is 0.634. The van der Waals surface area contributed by atoms with Gasteiger partial charge in [-0.1, -0.05) is 13.0 Å². The summed E-state index contributed by atoms with van der Waals surface area (Å²) in [6, 6.07) is 9.12. The topological polar surface area (TPSA) is 103 Å². The Bertz CT molecular complexity index is 1640. The molecule has 4 heterocycles. The fourth-order valence-corrected chi connectivity index (χ4v) is 4.98. The van der Waals surface area contributed by atoms with Crippen LogP contribution in [0.25, 0.3) is 22.2 Å². The predicted molar refractivity (Wildman–Crippen MR) is 149 cm³/mol. The summed E-state index contributed by atoms with van der Waals surface area (Å²) in [7, 11) is 0. The molecule has 0 atom stereocenters. The first kappa shape index (κ1) is 27.3. The summed E-state index contributed by atoms with van der Waals surface area (Å²) in [6.45, 7) is 11.7. The van der Waals surface area contributed by atoms with Crippen molar-refractivity contribution in [3.63, 3.8) is 0 Å². The molecule has 0 amide bonds. The highest BCUT2D eigenvalue weighted by molar-refractivity contribution is 5.86. The van der Waals surface area contributed by atoms with Crippen molar-refractivity contribution in [2.75, 3.05) is 38.0 Å². The van der Waals surface area contributed by atoms with Crippen molar-refractivity contribution < 1.29 is 8.78 Å². The van der Waals surface area contributed by atoms with E-state index < -0.39 is 17.2 Å². The number of hydrogen-bond donors (Lipinski definition) is 1. The third-order valence-corrected chi connectivity index (χ3v) is 7.14. The fraction of sp³-hybridized carbons (Fsp3) is 0.345. The lowest BCUT2D eigenvalue weighted by Gasteiger charge is -2.33. The SMILES string of the molecule is CCN1CCN(Cc2ccc(Nc3ncc(F)c(-c4cc(F)c5cc(C#N)c(=O)n(C(C)C)c5c4)n3)nc2)CC1. The van der Waals surface area contributed by atoms with Gasteiger partial charge in [0.25, 0.3) is 5.56 Å². The number of pyridine rings is 2. The van der Waals surface area contributed by atoms with E-state index >= 15 is 4.39 Å². The zero-order valence-corrected chi connectivity index (χ0v) is 22.7. The maximum atomic E-state index is 15.2. The minimum Gasteiger partial charge on any atom is -0.309 e. The van der Waals surface area contributed by atoms with Crippen LogP contribution in [0.4, 0.5) is 20.5 Å².